The summed E-state index contributed by atoms with van der Waals surface area (Å²) in [6.45, 7) is 7.37. The van der Waals surface area contributed by atoms with Gasteiger partial charge in [0.25, 0.3) is 0 Å². The van der Waals surface area contributed by atoms with Crippen LogP contribution in [-0.2, 0) is 12.8 Å². The lowest BCUT2D eigenvalue weighted by Gasteiger charge is -2.20. The van der Waals surface area contributed by atoms with Crippen molar-refractivity contribution >= 4 is 0 Å². The first-order valence-electron chi connectivity index (χ1n) is 8.09. The van der Waals surface area contributed by atoms with Crippen LogP contribution in [0.3, 0.4) is 0 Å². The fourth-order valence-electron chi connectivity index (χ4n) is 2.84. The number of nitrogens with zero attached hydrogens (tertiary/aromatic N) is 2. The zero-order valence-electron chi connectivity index (χ0n) is 13.2. The number of rotatable bonds is 6. The minimum atomic E-state index is 0.143. The van der Waals surface area contributed by atoms with E-state index in [1.54, 1.807) is 0 Å². The first-order valence-corrected chi connectivity index (χ1v) is 8.09. The molecule has 1 aliphatic carbocycles. The topological polar surface area (TPSA) is 51.0 Å². The summed E-state index contributed by atoms with van der Waals surface area (Å²) in [7, 11) is 0. The number of hydrogen-bond donors (Lipinski definition) is 1. The quantitative estimate of drug-likeness (QED) is 0.865. The summed E-state index contributed by atoms with van der Waals surface area (Å²) >= 11 is 0. The highest BCUT2D eigenvalue weighted by atomic mass is 16.4. The Balaban J connectivity index is 1.69. The summed E-state index contributed by atoms with van der Waals surface area (Å²) in [6.07, 6.45) is 9.96. The third-order valence-electron chi connectivity index (χ3n) is 3.99. The van der Waals surface area contributed by atoms with Gasteiger partial charge in [0.15, 0.2) is 0 Å². The molecule has 1 N–H and O–H groups in total. The summed E-state index contributed by atoms with van der Waals surface area (Å²) in [5.41, 5.74) is 0.143. The molecule has 0 spiro atoms. The van der Waals surface area contributed by atoms with Gasteiger partial charge in [-0.15, -0.1) is 10.2 Å². The Morgan fingerprint density at radius 3 is 2.35 bits per heavy atom. The highest BCUT2D eigenvalue weighted by Gasteiger charge is 2.15. The van der Waals surface area contributed by atoms with Gasteiger partial charge in [-0.3, -0.25) is 0 Å². The molecule has 4 heteroatoms. The van der Waals surface area contributed by atoms with Crippen LogP contribution < -0.4 is 5.32 Å². The molecule has 2 rings (SSSR count). The van der Waals surface area contributed by atoms with Gasteiger partial charge < -0.3 is 9.73 Å². The third-order valence-corrected chi connectivity index (χ3v) is 3.99. The molecule has 0 bridgehead atoms. The monoisotopic (exact) mass is 279 g/mol. The van der Waals surface area contributed by atoms with Crippen molar-refractivity contribution in [2.24, 2.45) is 5.92 Å². The Bertz CT molecular complexity index is 389. The van der Waals surface area contributed by atoms with E-state index in [2.05, 4.69) is 36.3 Å². The van der Waals surface area contributed by atoms with E-state index in [-0.39, 0.29) is 5.54 Å². The van der Waals surface area contributed by atoms with E-state index in [4.69, 9.17) is 4.42 Å². The summed E-state index contributed by atoms with van der Waals surface area (Å²) in [5, 5.41) is 11.7. The van der Waals surface area contributed by atoms with E-state index in [9.17, 15) is 0 Å². The molecule has 0 radical (unpaired) electrons. The average molecular weight is 279 g/mol. The minimum Gasteiger partial charge on any atom is -0.425 e. The maximum absolute atomic E-state index is 5.73. The highest BCUT2D eigenvalue weighted by Crippen LogP contribution is 2.27. The van der Waals surface area contributed by atoms with Crippen LogP contribution in [0.2, 0.25) is 0 Å². The zero-order chi connectivity index (χ0) is 14.4. The molecule has 0 atom stereocenters. The second-order valence-electron chi connectivity index (χ2n) is 7.06. The summed E-state index contributed by atoms with van der Waals surface area (Å²) in [4.78, 5) is 0. The molecule has 0 aromatic carbocycles. The summed E-state index contributed by atoms with van der Waals surface area (Å²) in [5.74, 6) is 2.46. The van der Waals surface area contributed by atoms with Crippen molar-refractivity contribution in [2.75, 3.05) is 6.54 Å². The Kier molecular flexibility index (Phi) is 5.58. The zero-order valence-corrected chi connectivity index (χ0v) is 13.2. The van der Waals surface area contributed by atoms with Crippen molar-refractivity contribution in [1.82, 2.24) is 15.5 Å². The van der Waals surface area contributed by atoms with Gasteiger partial charge in [0.2, 0.25) is 11.8 Å². The van der Waals surface area contributed by atoms with Crippen LogP contribution in [0.25, 0.3) is 0 Å². The van der Waals surface area contributed by atoms with Crippen LogP contribution in [-0.4, -0.2) is 22.3 Å². The van der Waals surface area contributed by atoms with E-state index in [0.717, 1.165) is 37.1 Å². The van der Waals surface area contributed by atoms with Crippen molar-refractivity contribution in [3.63, 3.8) is 0 Å². The first-order chi connectivity index (χ1) is 9.53. The standard InChI is InChI=1S/C16H29N3O/c1-16(2,3)17-12-11-15-19-18-14(20-15)10-9-13-7-5-4-6-8-13/h13,17H,4-12H2,1-3H3. The van der Waals surface area contributed by atoms with Crippen LogP contribution >= 0.6 is 0 Å². The van der Waals surface area contributed by atoms with Gasteiger partial charge in [-0.1, -0.05) is 32.1 Å². The van der Waals surface area contributed by atoms with Crippen molar-refractivity contribution in [1.29, 1.82) is 0 Å². The minimum absolute atomic E-state index is 0.143. The van der Waals surface area contributed by atoms with Gasteiger partial charge in [0, 0.05) is 24.9 Å². The second kappa shape index (κ2) is 7.21. The smallest absolute Gasteiger partial charge is 0.217 e. The summed E-state index contributed by atoms with van der Waals surface area (Å²) in [6, 6.07) is 0. The van der Waals surface area contributed by atoms with Crippen molar-refractivity contribution < 1.29 is 4.42 Å². The van der Waals surface area contributed by atoms with E-state index in [0.29, 0.717) is 0 Å². The van der Waals surface area contributed by atoms with Gasteiger partial charge in [0.1, 0.15) is 0 Å². The van der Waals surface area contributed by atoms with Crippen molar-refractivity contribution in [2.45, 2.75) is 77.7 Å². The van der Waals surface area contributed by atoms with E-state index < -0.39 is 0 Å². The van der Waals surface area contributed by atoms with Crippen LogP contribution in [0.15, 0.2) is 4.42 Å². The van der Waals surface area contributed by atoms with Gasteiger partial charge >= 0.3 is 0 Å². The maximum Gasteiger partial charge on any atom is 0.217 e. The molecule has 20 heavy (non-hydrogen) atoms. The van der Waals surface area contributed by atoms with Gasteiger partial charge in [-0.25, -0.2) is 0 Å². The van der Waals surface area contributed by atoms with Crippen molar-refractivity contribution in [3.8, 4) is 0 Å². The number of aryl methyl sites for hydroxylation is 1. The number of aromatic nitrogens is 2. The fraction of sp³-hybridized carbons (Fsp3) is 0.875. The summed E-state index contributed by atoms with van der Waals surface area (Å²) < 4.78 is 5.73. The van der Waals surface area contributed by atoms with Gasteiger partial charge in [-0.2, -0.15) is 0 Å². The van der Waals surface area contributed by atoms with Gasteiger partial charge in [-0.05, 0) is 33.1 Å². The first kappa shape index (κ1) is 15.5. The number of hydrogen-bond acceptors (Lipinski definition) is 4. The Hall–Kier alpha value is -0.900. The second-order valence-corrected chi connectivity index (χ2v) is 7.06. The Morgan fingerprint density at radius 1 is 1.05 bits per heavy atom. The molecule has 114 valence electrons. The molecule has 1 fully saturated rings. The van der Waals surface area contributed by atoms with Crippen LogP contribution in [0, 0.1) is 5.92 Å². The molecule has 1 aromatic rings. The predicted octanol–water partition coefficient (Wildman–Crippen LogP) is 3.51. The van der Waals surface area contributed by atoms with Crippen LogP contribution in [0.5, 0.6) is 0 Å². The molecule has 4 nitrogen and oxygen atoms in total. The molecule has 1 saturated carbocycles. The molecule has 0 saturated heterocycles. The molecule has 0 amide bonds. The normalized spacial score (nSPS) is 17.6. The lowest BCUT2D eigenvalue weighted by molar-refractivity contribution is 0.325. The van der Waals surface area contributed by atoms with E-state index in [1.807, 2.05) is 0 Å². The Labute approximate surface area is 122 Å². The molecule has 1 heterocycles. The largest absolute Gasteiger partial charge is 0.425 e. The highest BCUT2D eigenvalue weighted by molar-refractivity contribution is 4.85. The third kappa shape index (κ3) is 5.61. The molecular formula is C16H29N3O. The van der Waals surface area contributed by atoms with Crippen LogP contribution in [0.1, 0.15) is 71.1 Å². The predicted molar refractivity (Wildman–Crippen MR) is 80.7 cm³/mol. The number of nitrogens with one attached hydrogen (secondary N) is 1. The molecule has 1 aromatic heterocycles. The molecule has 0 aliphatic heterocycles. The SMILES string of the molecule is CC(C)(C)NCCc1nnc(CCC2CCCCC2)o1. The van der Waals surface area contributed by atoms with Crippen LogP contribution in [0.4, 0.5) is 0 Å². The molecule has 0 unspecified atom stereocenters. The molecule has 1 aliphatic rings. The lowest BCUT2D eigenvalue weighted by atomic mass is 9.86. The Morgan fingerprint density at radius 2 is 1.70 bits per heavy atom. The fourth-order valence-corrected chi connectivity index (χ4v) is 2.84. The van der Waals surface area contributed by atoms with Gasteiger partial charge in [0.05, 0.1) is 0 Å². The van der Waals surface area contributed by atoms with E-state index in [1.165, 1.54) is 38.5 Å². The van der Waals surface area contributed by atoms with E-state index >= 15 is 0 Å². The molecular weight excluding hydrogens is 250 g/mol. The lowest BCUT2D eigenvalue weighted by Crippen LogP contribution is -2.37. The van der Waals surface area contributed by atoms with Crippen molar-refractivity contribution in [3.05, 3.63) is 11.8 Å². The average Bonchev–Trinajstić information content (AvgIpc) is 2.84. The maximum atomic E-state index is 5.73.